The Morgan fingerprint density at radius 1 is 1.41 bits per heavy atom. The molecule has 17 heavy (non-hydrogen) atoms. The van der Waals surface area contributed by atoms with Gasteiger partial charge in [0.1, 0.15) is 5.75 Å². The van der Waals surface area contributed by atoms with Crippen molar-refractivity contribution in [3.05, 3.63) is 18.2 Å². The molecule has 0 bridgehead atoms. The van der Waals surface area contributed by atoms with Crippen molar-refractivity contribution in [2.24, 2.45) is 0 Å². The zero-order valence-electron chi connectivity index (χ0n) is 10.2. The van der Waals surface area contributed by atoms with E-state index >= 15 is 0 Å². The van der Waals surface area contributed by atoms with Crippen molar-refractivity contribution in [2.45, 2.75) is 31.2 Å². The van der Waals surface area contributed by atoms with Gasteiger partial charge in [0, 0.05) is 0 Å². The van der Waals surface area contributed by atoms with Gasteiger partial charge in [0.25, 0.3) is 0 Å². The molecule has 0 unspecified atom stereocenters. The maximum Gasteiger partial charge on any atom is 0.143 e. The minimum Gasteiger partial charge on any atom is -0.495 e. The third-order valence-corrected chi connectivity index (χ3v) is 3.55. The van der Waals surface area contributed by atoms with Gasteiger partial charge in [-0.1, -0.05) is 18.9 Å². The Morgan fingerprint density at radius 2 is 2.12 bits per heavy atom. The summed E-state index contributed by atoms with van der Waals surface area (Å²) in [5.74, 6) is 0.668. The van der Waals surface area contributed by atoms with Crippen LogP contribution in [0.2, 0.25) is 0 Å². The summed E-state index contributed by atoms with van der Waals surface area (Å²) in [6.07, 6.45) is 4.27. The summed E-state index contributed by atoms with van der Waals surface area (Å²) in [5, 5.41) is 13.0. The fourth-order valence-electron chi connectivity index (χ4n) is 2.49. The second kappa shape index (κ2) is 4.84. The summed E-state index contributed by atoms with van der Waals surface area (Å²) in [5.41, 5.74) is 7.26. The number of nitrogens with one attached hydrogen (secondary N) is 1. The topological polar surface area (TPSA) is 67.5 Å². The Kier molecular flexibility index (Phi) is 3.43. The molecular formula is C13H20N2O2. The molecule has 0 spiro atoms. The van der Waals surface area contributed by atoms with Crippen molar-refractivity contribution in [1.82, 2.24) is 0 Å². The Bertz CT molecular complexity index is 387. The number of hydrogen-bond donors (Lipinski definition) is 3. The number of rotatable bonds is 4. The van der Waals surface area contributed by atoms with Gasteiger partial charge in [-0.3, -0.25) is 0 Å². The lowest BCUT2D eigenvalue weighted by atomic mass is 9.98. The molecule has 1 saturated carbocycles. The van der Waals surface area contributed by atoms with Gasteiger partial charge in [-0.15, -0.1) is 0 Å². The minimum absolute atomic E-state index is 0.143. The first-order valence-electron chi connectivity index (χ1n) is 6.02. The van der Waals surface area contributed by atoms with Crippen LogP contribution in [0.1, 0.15) is 25.7 Å². The van der Waals surface area contributed by atoms with E-state index in [9.17, 15) is 5.11 Å². The van der Waals surface area contributed by atoms with Gasteiger partial charge in [0.15, 0.2) is 0 Å². The molecule has 0 saturated heterocycles. The predicted octanol–water partition coefficient (Wildman–Crippen LogP) is 1.99. The average molecular weight is 236 g/mol. The number of hydrogen-bond acceptors (Lipinski definition) is 4. The summed E-state index contributed by atoms with van der Waals surface area (Å²) < 4.78 is 5.19. The van der Waals surface area contributed by atoms with Gasteiger partial charge in [0.05, 0.1) is 30.6 Å². The maximum atomic E-state index is 9.56. The molecule has 0 aliphatic heterocycles. The van der Waals surface area contributed by atoms with E-state index in [-0.39, 0.29) is 12.1 Å². The van der Waals surface area contributed by atoms with Crippen molar-refractivity contribution in [3.8, 4) is 5.75 Å². The predicted molar refractivity (Wildman–Crippen MR) is 69.3 cm³/mol. The number of nitrogens with two attached hydrogens (primary N) is 1. The number of anilines is 2. The van der Waals surface area contributed by atoms with Crippen molar-refractivity contribution >= 4 is 11.4 Å². The normalized spacial score (nSPS) is 18.0. The molecule has 0 amide bonds. The average Bonchev–Trinajstić information content (AvgIpc) is 2.81. The van der Waals surface area contributed by atoms with E-state index < -0.39 is 0 Å². The molecule has 1 aromatic carbocycles. The maximum absolute atomic E-state index is 9.56. The third kappa shape index (κ3) is 2.31. The number of aliphatic hydroxyl groups is 1. The quantitative estimate of drug-likeness (QED) is 0.699. The van der Waals surface area contributed by atoms with Crippen LogP contribution in [0.15, 0.2) is 18.2 Å². The molecule has 1 aromatic rings. The van der Waals surface area contributed by atoms with Crippen LogP contribution in [-0.2, 0) is 0 Å². The molecule has 1 aliphatic carbocycles. The smallest absolute Gasteiger partial charge is 0.143 e. The molecule has 2 rings (SSSR count). The highest BCUT2D eigenvalue weighted by atomic mass is 16.5. The summed E-state index contributed by atoms with van der Waals surface area (Å²) >= 11 is 0. The van der Waals surface area contributed by atoms with Crippen LogP contribution in [0.4, 0.5) is 11.4 Å². The first-order valence-corrected chi connectivity index (χ1v) is 6.02. The van der Waals surface area contributed by atoms with Crippen LogP contribution in [0.3, 0.4) is 0 Å². The summed E-state index contributed by atoms with van der Waals surface area (Å²) in [4.78, 5) is 0. The number of methoxy groups -OCH3 is 1. The largest absolute Gasteiger partial charge is 0.495 e. The van der Waals surface area contributed by atoms with Gasteiger partial charge < -0.3 is 20.9 Å². The van der Waals surface area contributed by atoms with Gasteiger partial charge in [-0.25, -0.2) is 0 Å². The molecule has 0 heterocycles. The number of nitrogen functional groups attached to an aromatic ring is 1. The Balaban J connectivity index is 2.23. The van der Waals surface area contributed by atoms with Crippen LogP contribution in [-0.4, -0.2) is 24.4 Å². The first kappa shape index (κ1) is 12.0. The fourth-order valence-corrected chi connectivity index (χ4v) is 2.49. The molecule has 1 aliphatic rings. The van der Waals surface area contributed by atoms with E-state index in [0.29, 0.717) is 11.4 Å². The molecular weight excluding hydrogens is 216 g/mol. The summed E-state index contributed by atoms with van der Waals surface area (Å²) in [7, 11) is 1.60. The molecule has 4 nitrogen and oxygen atoms in total. The second-order valence-electron chi connectivity index (χ2n) is 4.69. The highest BCUT2D eigenvalue weighted by molar-refractivity contribution is 5.73. The lowest BCUT2D eigenvalue weighted by Gasteiger charge is -2.30. The zero-order chi connectivity index (χ0) is 12.3. The minimum atomic E-state index is -0.208. The van der Waals surface area contributed by atoms with Gasteiger partial charge >= 0.3 is 0 Å². The summed E-state index contributed by atoms with van der Waals surface area (Å²) in [6.45, 7) is 0.143. The number of para-hydroxylation sites is 1. The number of benzene rings is 1. The molecule has 0 radical (unpaired) electrons. The molecule has 0 atom stereocenters. The lowest BCUT2D eigenvalue weighted by molar-refractivity contribution is 0.214. The highest BCUT2D eigenvalue weighted by Crippen LogP contribution is 2.36. The summed E-state index contributed by atoms with van der Waals surface area (Å²) in [6, 6.07) is 5.66. The standard InChI is InChI=1S/C13H20N2O2/c1-17-11-6-4-5-10(12(11)14)15-13(9-16)7-2-3-8-13/h4-6,15-16H,2-3,7-9,14H2,1H3. The third-order valence-electron chi connectivity index (χ3n) is 3.55. The van der Waals surface area contributed by atoms with E-state index in [1.165, 1.54) is 0 Å². The Morgan fingerprint density at radius 3 is 2.71 bits per heavy atom. The van der Waals surface area contributed by atoms with Crippen LogP contribution in [0.25, 0.3) is 0 Å². The van der Waals surface area contributed by atoms with Gasteiger partial charge in [0.2, 0.25) is 0 Å². The Labute approximate surface area is 102 Å². The number of ether oxygens (including phenoxy) is 1. The zero-order valence-corrected chi connectivity index (χ0v) is 10.2. The molecule has 4 heteroatoms. The SMILES string of the molecule is COc1cccc(NC2(CO)CCCC2)c1N. The van der Waals surface area contributed by atoms with E-state index in [4.69, 9.17) is 10.5 Å². The monoisotopic (exact) mass is 236 g/mol. The first-order chi connectivity index (χ1) is 8.21. The Hall–Kier alpha value is -1.42. The van der Waals surface area contributed by atoms with Crippen molar-refractivity contribution in [3.63, 3.8) is 0 Å². The van der Waals surface area contributed by atoms with Gasteiger partial charge in [-0.05, 0) is 25.0 Å². The van der Waals surface area contributed by atoms with Gasteiger partial charge in [-0.2, -0.15) is 0 Å². The molecule has 0 aromatic heterocycles. The van der Waals surface area contributed by atoms with Crippen LogP contribution >= 0.6 is 0 Å². The van der Waals surface area contributed by atoms with Crippen molar-refractivity contribution in [1.29, 1.82) is 0 Å². The van der Waals surface area contributed by atoms with Crippen molar-refractivity contribution in [2.75, 3.05) is 24.8 Å². The van der Waals surface area contributed by atoms with Crippen LogP contribution in [0, 0.1) is 0 Å². The molecule has 4 N–H and O–H groups in total. The number of aliphatic hydroxyl groups excluding tert-OH is 1. The molecule has 94 valence electrons. The van der Waals surface area contributed by atoms with E-state index in [1.807, 2.05) is 18.2 Å². The second-order valence-corrected chi connectivity index (χ2v) is 4.69. The highest BCUT2D eigenvalue weighted by Gasteiger charge is 2.33. The van der Waals surface area contributed by atoms with Crippen LogP contribution < -0.4 is 15.8 Å². The van der Waals surface area contributed by atoms with E-state index in [2.05, 4.69) is 5.32 Å². The lowest BCUT2D eigenvalue weighted by Crippen LogP contribution is -2.39. The van der Waals surface area contributed by atoms with Crippen molar-refractivity contribution < 1.29 is 9.84 Å². The van der Waals surface area contributed by atoms with Crippen LogP contribution in [0.5, 0.6) is 5.75 Å². The fraction of sp³-hybridized carbons (Fsp3) is 0.538. The van der Waals surface area contributed by atoms with E-state index in [1.54, 1.807) is 7.11 Å². The van der Waals surface area contributed by atoms with E-state index in [0.717, 1.165) is 31.4 Å². The molecule has 1 fully saturated rings.